The predicted molar refractivity (Wildman–Crippen MR) is 140 cm³/mol. The number of nitrogens with zero attached hydrogens (tertiary/aromatic N) is 1. The number of primary amides is 1. The van der Waals surface area contributed by atoms with Gasteiger partial charge < -0.3 is 31.4 Å². The van der Waals surface area contributed by atoms with E-state index in [2.05, 4.69) is 13.8 Å². The second-order valence-electron chi connectivity index (χ2n) is 10.7. The van der Waals surface area contributed by atoms with Crippen molar-refractivity contribution in [3.63, 3.8) is 0 Å². The van der Waals surface area contributed by atoms with Crippen molar-refractivity contribution in [1.82, 2.24) is 0 Å². The molecule has 3 atom stereocenters. The molecule has 200 valence electrons. The first-order valence-electron chi connectivity index (χ1n) is 12.2. The van der Waals surface area contributed by atoms with Crippen LogP contribution in [0, 0.1) is 23.7 Å². The van der Waals surface area contributed by atoms with Crippen molar-refractivity contribution < 1.29 is 38.0 Å². The Bertz CT molecular complexity index is 1190. The molecule has 0 spiro atoms. The van der Waals surface area contributed by atoms with Gasteiger partial charge in [0.25, 0.3) is 5.91 Å². The minimum absolute atomic E-state index is 0. The van der Waals surface area contributed by atoms with Gasteiger partial charge in [-0.2, -0.15) is 0 Å². The summed E-state index contributed by atoms with van der Waals surface area (Å²) >= 11 is 0. The van der Waals surface area contributed by atoms with E-state index in [4.69, 9.17) is 5.73 Å². The third kappa shape index (κ3) is 4.36. The van der Waals surface area contributed by atoms with Gasteiger partial charge in [0, 0.05) is 34.6 Å². The van der Waals surface area contributed by atoms with Crippen LogP contribution in [0.1, 0.15) is 59.1 Å². The highest BCUT2D eigenvalue weighted by Crippen LogP contribution is 2.52. The molecule has 4 rings (SSSR count). The van der Waals surface area contributed by atoms with Gasteiger partial charge in [0.05, 0.1) is 11.5 Å². The summed E-state index contributed by atoms with van der Waals surface area (Å²) < 4.78 is 0. The molecule has 0 aromatic heterocycles. The lowest BCUT2D eigenvalue weighted by Gasteiger charge is -2.41. The molecule has 0 saturated heterocycles. The number of allylic oxidation sites excluding steroid dienone is 2. The van der Waals surface area contributed by atoms with Gasteiger partial charge in [0.2, 0.25) is 0 Å². The fourth-order valence-electron chi connectivity index (χ4n) is 6.03. The van der Waals surface area contributed by atoms with Crippen molar-refractivity contribution >= 4 is 28.9 Å². The molecule has 3 unspecified atom stereocenters. The van der Waals surface area contributed by atoms with Crippen LogP contribution in [0.3, 0.4) is 0 Å². The zero-order valence-electron chi connectivity index (χ0n) is 21.2. The van der Waals surface area contributed by atoms with Crippen molar-refractivity contribution in [3.8, 4) is 5.75 Å². The van der Waals surface area contributed by atoms with Gasteiger partial charge in [-0.25, -0.2) is 0 Å². The highest BCUT2D eigenvalue weighted by molar-refractivity contribution is 6.21. The number of nitrogens with two attached hydrogens (primary N) is 1. The number of hydrogen-bond donors (Lipinski definition) is 4. The van der Waals surface area contributed by atoms with Crippen LogP contribution in [0.2, 0.25) is 0 Å². The molecule has 3 aliphatic rings. The predicted octanol–water partition coefficient (Wildman–Crippen LogP) is 3.02. The molecule has 1 aromatic rings. The number of aliphatic hydroxyl groups excluding tert-OH is 2. The van der Waals surface area contributed by atoms with Crippen LogP contribution < -0.4 is 10.6 Å². The molecule has 0 aliphatic heterocycles. The molecule has 1 aromatic carbocycles. The number of fused-ring (bicyclic) bond motifs is 3. The topological polar surface area (TPSA) is 173 Å². The Hall–Kier alpha value is -3.33. The Morgan fingerprint density at radius 3 is 2.44 bits per heavy atom. The highest BCUT2D eigenvalue weighted by Gasteiger charge is 2.51. The quantitative estimate of drug-likeness (QED) is 0.431. The second-order valence-corrected chi connectivity index (χ2v) is 10.7. The van der Waals surface area contributed by atoms with E-state index >= 15 is 0 Å². The first-order valence-corrected chi connectivity index (χ1v) is 12.2. The number of anilines is 1. The zero-order valence-corrected chi connectivity index (χ0v) is 21.2. The van der Waals surface area contributed by atoms with Gasteiger partial charge in [-0.05, 0) is 60.6 Å². The van der Waals surface area contributed by atoms with Crippen molar-refractivity contribution in [2.45, 2.75) is 52.4 Å². The lowest BCUT2D eigenvalue weighted by Crippen LogP contribution is -2.44. The number of ketones is 2. The number of amides is 1. The lowest BCUT2D eigenvalue weighted by molar-refractivity contribution is -0.127. The molecule has 1 fully saturated rings. The van der Waals surface area contributed by atoms with E-state index in [0.717, 1.165) is 24.1 Å². The summed E-state index contributed by atoms with van der Waals surface area (Å²) in [6, 6.07) is 1.96. The number of aryl methyl sites for hydroxylation is 1. The first-order chi connectivity index (χ1) is 16.4. The number of aliphatic hydroxyl groups is 2. The number of carbonyl (C=O) groups excluding carboxylic acids is 3. The van der Waals surface area contributed by atoms with Gasteiger partial charge in [0.1, 0.15) is 22.8 Å². The number of rotatable bonds is 6. The molecular weight excluding hydrogens is 464 g/mol. The normalized spacial score (nSPS) is 23.2. The molecule has 3 aliphatic carbocycles. The van der Waals surface area contributed by atoms with Gasteiger partial charge in [0.15, 0.2) is 11.6 Å². The standard InChI is InChI=1S/C27H34N2O6.H2O.2H2/c1-12(2)6-5-7-13-10-17(29(3)4)16-9-14-8-15-11-18(30)22(27(28)35)26(34)20(15)24(32)19(14)25(33)21(16)23(13)31;;;/h10,12,14-15,20,31,33-34H,5-9,11H2,1-4H3,(H2,28,35);1H2;2*1H. The molecular formula is C27H40N2O7. The Balaban J connectivity index is 0.00000241. The minimum Gasteiger partial charge on any atom is -0.511 e. The minimum atomic E-state index is -1.10. The van der Waals surface area contributed by atoms with Crippen LogP contribution in [-0.4, -0.2) is 52.4 Å². The number of benzene rings is 1. The third-order valence-corrected chi connectivity index (χ3v) is 7.65. The van der Waals surface area contributed by atoms with Crippen LogP contribution in [0.5, 0.6) is 5.75 Å². The third-order valence-electron chi connectivity index (χ3n) is 7.65. The van der Waals surface area contributed by atoms with Gasteiger partial charge in [-0.15, -0.1) is 0 Å². The van der Waals surface area contributed by atoms with Crippen LogP contribution >= 0.6 is 0 Å². The molecule has 1 amide bonds. The SMILES string of the molecule is CC(C)CCCc1cc(N(C)C)c2c(c1O)C(O)=C1C(=O)C3C(O)=C(C(N)=O)C(=O)CC3CC1C2.O.[HH].[HH]. The summed E-state index contributed by atoms with van der Waals surface area (Å²) in [5.41, 5.74) is 7.51. The number of carbonyl (C=O) groups is 3. The van der Waals surface area contributed by atoms with Gasteiger partial charge in [-0.3, -0.25) is 14.4 Å². The van der Waals surface area contributed by atoms with Crippen molar-refractivity contribution in [2.75, 3.05) is 19.0 Å². The largest absolute Gasteiger partial charge is 0.511 e. The van der Waals surface area contributed by atoms with Crippen LogP contribution in [0.4, 0.5) is 5.69 Å². The molecule has 0 radical (unpaired) electrons. The molecule has 9 nitrogen and oxygen atoms in total. The van der Waals surface area contributed by atoms with E-state index in [9.17, 15) is 29.7 Å². The number of phenols is 1. The Labute approximate surface area is 213 Å². The number of hydrogen-bond acceptors (Lipinski definition) is 7. The molecule has 1 saturated carbocycles. The lowest BCUT2D eigenvalue weighted by atomic mass is 9.61. The van der Waals surface area contributed by atoms with Crippen LogP contribution in [0.25, 0.3) is 5.76 Å². The molecule has 9 heteroatoms. The summed E-state index contributed by atoms with van der Waals surface area (Å²) in [5.74, 6) is -4.47. The molecule has 0 heterocycles. The van der Waals surface area contributed by atoms with Crippen LogP contribution in [-0.2, 0) is 27.2 Å². The van der Waals surface area contributed by atoms with E-state index in [1.165, 1.54) is 0 Å². The maximum Gasteiger partial charge on any atom is 0.255 e. The van der Waals surface area contributed by atoms with E-state index in [0.29, 0.717) is 30.7 Å². The fourth-order valence-corrected chi connectivity index (χ4v) is 6.03. The van der Waals surface area contributed by atoms with Crippen LogP contribution in [0.15, 0.2) is 23.0 Å². The average molecular weight is 505 g/mol. The van der Waals surface area contributed by atoms with Gasteiger partial charge >= 0.3 is 0 Å². The fraction of sp³-hybridized carbons (Fsp3) is 0.519. The Morgan fingerprint density at radius 1 is 1.19 bits per heavy atom. The molecule has 0 bridgehead atoms. The maximum atomic E-state index is 13.6. The monoisotopic (exact) mass is 504 g/mol. The van der Waals surface area contributed by atoms with Gasteiger partial charge in [-0.1, -0.05) is 20.3 Å². The van der Waals surface area contributed by atoms with E-state index in [1.807, 2.05) is 25.1 Å². The maximum absolute atomic E-state index is 13.6. The first kappa shape index (κ1) is 27.3. The molecule has 7 N–H and O–H groups in total. The number of phenolic OH excluding ortho intramolecular Hbond substituents is 1. The molecule has 36 heavy (non-hydrogen) atoms. The summed E-state index contributed by atoms with van der Waals surface area (Å²) in [6.45, 7) is 4.28. The zero-order chi connectivity index (χ0) is 25.8. The number of aromatic hydroxyl groups is 1. The van der Waals surface area contributed by atoms with E-state index in [1.54, 1.807) is 0 Å². The summed E-state index contributed by atoms with van der Waals surface area (Å²) in [5, 5.41) is 33.3. The van der Waals surface area contributed by atoms with E-state index in [-0.39, 0.29) is 43.3 Å². The highest BCUT2D eigenvalue weighted by atomic mass is 16.3. The van der Waals surface area contributed by atoms with E-state index < -0.39 is 40.6 Å². The Morgan fingerprint density at radius 2 is 1.86 bits per heavy atom. The smallest absolute Gasteiger partial charge is 0.255 e. The summed E-state index contributed by atoms with van der Waals surface area (Å²) in [4.78, 5) is 39.7. The van der Waals surface area contributed by atoms with Crippen molar-refractivity contribution in [1.29, 1.82) is 0 Å². The van der Waals surface area contributed by atoms with Crippen molar-refractivity contribution in [3.05, 3.63) is 39.7 Å². The second kappa shape index (κ2) is 9.97. The van der Waals surface area contributed by atoms with Crippen molar-refractivity contribution in [2.24, 2.45) is 29.4 Å². The number of Topliss-reactive ketones (excluding diaryl/α,β-unsaturated/α-hetero) is 2. The average Bonchev–Trinajstić information content (AvgIpc) is 2.73. The summed E-state index contributed by atoms with van der Waals surface area (Å²) in [6.07, 6.45) is 3.26. The Kier molecular flexibility index (Phi) is 7.55. The summed E-state index contributed by atoms with van der Waals surface area (Å²) in [7, 11) is 3.80.